The first-order chi connectivity index (χ1) is 13.2. The number of hydrogen-bond acceptors (Lipinski definition) is 5. The summed E-state index contributed by atoms with van der Waals surface area (Å²) in [6, 6.07) is 23.4. The molecule has 0 unspecified atom stereocenters. The molecule has 0 saturated heterocycles. The Bertz CT molecular complexity index is 905. The van der Waals surface area contributed by atoms with Crippen molar-refractivity contribution in [2.75, 3.05) is 6.61 Å². The minimum absolute atomic E-state index is 0.101. The summed E-state index contributed by atoms with van der Waals surface area (Å²) in [5.74, 6) is 1.22. The zero-order valence-corrected chi connectivity index (χ0v) is 14.5. The highest BCUT2D eigenvalue weighted by Gasteiger charge is 2.08. The molecule has 0 heterocycles. The molecule has 27 heavy (non-hydrogen) atoms. The van der Waals surface area contributed by atoms with E-state index in [0.717, 1.165) is 11.3 Å². The van der Waals surface area contributed by atoms with Crippen molar-refractivity contribution in [2.45, 2.75) is 6.61 Å². The monoisotopic (exact) mass is 362 g/mol. The third-order valence-electron chi connectivity index (χ3n) is 3.67. The van der Waals surface area contributed by atoms with Crippen molar-refractivity contribution < 1.29 is 23.8 Å². The van der Waals surface area contributed by atoms with Gasteiger partial charge in [0, 0.05) is 0 Å². The Kier molecular flexibility index (Phi) is 6.20. The molecule has 5 nitrogen and oxygen atoms in total. The third-order valence-corrected chi connectivity index (χ3v) is 3.67. The molecule has 3 rings (SSSR count). The molecular weight excluding hydrogens is 344 g/mol. The number of para-hydroxylation sites is 2. The number of benzene rings is 3. The first-order valence-electron chi connectivity index (χ1n) is 8.39. The van der Waals surface area contributed by atoms with Crippen LogP contribution in [-0.2, 0) is 16.1 Å². The van der Waals surface area contributed by atoms with Crippen LogP contribution in [0.4, 0.5) is 0 Å². The molecule has 0 amide bonds. The summed E-state index contributed by atoms with van der Waals surface area (Å²) in [7, 11) is 0. The molecule has 0 atom stereocenters. The molecule has 0 spiro atoms. The molecular formula is C22H18O5. The van der Waals surface area contributed by atoms with Gasteiger partial charge >= 0.3 is 5.97 Å². The van der Waals surface area contributed by atoms with Crippen molar-refractivity contribution in [3.05, 3.63) is 90.0 Å². The maximum atomic E-state index is 11.9. The molecule has 3 aromatic carbocycles. The highest BCUT2D eigenvalue weighted by atomic mass is 16.6. The van der Waals surface area contributed by atoms with Gasteiger partial charge in [0.15, 0.2) is 12.9 Å². The molecule has 136 valence electrons. The van der Waals surface area contributed by atoms with Crippen molar-refractivity contribution in [3.8, 4) is 17.2 Å². The minimum atomic E-state index is -0.523. The fourth-order valence-corrected chi connectivity index (χ4v) is 2.37. The molecule has 3 aromatic rings. The van der Waals surface area contributed by atoms with E-state index in [1.165, 1.54) is 0 Å². The lowest BCUT2D eigenvalue weighted by atomic mass is 10.2. The van der Waals surface area contributed by atoms with Gasteiger partial charge in [0.05, 0.1) is 5.56 Å². The Hall–Kier alpha value is -3.60. The van der Waals surface area contributed by atoms with E-state index in [-0.39, 0.29) is 13.2 Å². The van der Waals surface area contributed by atoms with E-state index in [2.05, 4.69) is 0 Å². The summed E-state index contributed by atoms with van der Waals surface area (Å²) in [5, 5.41) is 0. The Morgan fingerprint density at radius 3 is 2.41 bits per heavy atom. The largest absolute Gasteiger partial charge is 0.481 e. The van der Waals surface area contributed by atoms with E-state index in [1.54, 1.807) is 24.3 Å². The maximum absolute atomic E-state index is 11.9. The predicted octanol–water partition coefficient (Wildman–Crippen LogP) is 4.41. The van der Waals surface area contributed by atoms with Crippen LogP contribution in [0.15, 0.2) is 78.9 Å². The zero-order chi connectivity index (χ0) is 18.9. The number of aldehydes is 1. The van der Waals surface area contributed by atoms with Gasteiger partial charge in [-0.25, -0.2) is 4.79 Å². The standard InChI is InChI=1S/C22H18O5/c23-14-18-8-4-5-12-21(18)25-16-22(24)26-15-17-7-6-11-20(13-17)27-19-9-2-1-3-10-19/h1-14H,15-16H2. The van der Waals surface area contributed by atoms with Crippen LogP contribution in [0.25, 0.3) is 0 Å². The summed E-state index contributed by atoms with van der Waals surface area (Å²) >= 11 is 0. The molecule has 0 fully saturated rings. The molecule has 0 aromatic heterocycles. The first kappa shape index (κ1) is 18.2. The fraction of sp³-hybridized carbons (Fsp3) is 0.0909. The summed E-state index contributed by atoms with van der Waals surface area (Å²) in [4.78, 5) is 22.8. The normalized spacial score (nSPS) is 10.1. The van der Waals surface area contributed by atoms with Crippen LogP contribution in [0.2, 0.25) is 0 Å². The zero-order valence-electron chi connectivity index (χ0n) is 14.5. The molecule has 0 aliphatic heterocycles. The molecule has 0 radical (unpaired) electrons. The Balaban J connectivity index is 1.51. The average Bonchev–Trinajstić information content (AvgIpc) is 2.72. The van der Waals surface area contributed by atoms with E-state index in [9.17, 15) is 9.59 Å². The van der Waals surface area contributed by atoms with Gasteiger partial charge in [-0.15, -0.1) is 0 Å². The van der Waals surface area contributed by atoms with Crippen molar-refractivity contribution >= 4 is 12.3 Å². The summed E-state index contributed by atoms with van der Waals surface area (Å²) in [5.41, 5.74) is 1.18. The van der Waals surface area contributed by atoms with Gasteiger partial charge in [-0.1, -0.05) is 42.5 Å². The molecule has 0 N–H and O–H groups in total. The van der Waals surface area contributed by atoms with Crippen LogP contribution in [0, 0.1) is 0 Å². The summed E-state index contributed by atoms with van der Waals surface area (Å²) in [6.45, 7) is -0.172. The van der Waals surface area contributed by atoms with Gasteiger partial charge in [0.1, 0.15) is 23.9 Å². The van der Waals surface area contributed by atoms with E-state index < -0.39 is 5.97 Å². The second-order valence-corrected chi connectivity index (χ2v) is 5.67. The lowest BCUT2D eigenvalue weighted by Crippen LogP contribution is -2.15. The van der Waals surface area contributed by atoms with Crippen LogP contribution >= 0.6 is 0 Å². The summed E-state index contributed by atoms with van der Waals surface area (Å²) in [6.07, 6.45) is 0.679. The van der Waals surface area contributed by atoms with Crippen molar-refractivity contribution in [1.29, 1.82) is 0 Å². The number of esters is 1. The van der Waals surface area contributed by atoms with Crippen molar-refractivity contribution in [2.24, 2.45) is 0 Å². The highest BCUT2D eigenvalue weighted by Crippen LogP contribution is 2.22. The van der Waals surface area contributed by atoms with Gasteiger partial charge in [-0.2, -0.15) is 0 Å². The van der Waals surface area contributed by atoms with Crippen LogP contribution in [-0.4, -0.2) is 18.9 Å². The topological polar surface area (TPSA) is 61.8 Å². The molecule has 0 aliphatic carbocycles. The average molecular weight is 362 g/mol. The minimum Gasteiger partial charge on any atom is -0.481 e. The van der Waals surface area contributed by atoms with Crippen LogP contribution in [0.5, 0.6) is 17.2 Å². The Morgan fingerprint density at radius 2 is 1.59 bits per heavy atom. The second kappa shape index (κ2) is 9.20. The quantitative estimate of drug-likeness (QED) is 0.439. The Labute approximate surface area is 157 Å². The fourth-order valence-electron chi connectivity index (χ4n) is 2.37. The molecule has 0 saturated carbocycles. The van der Waals surface area contributed by atoms with Gasteiger partial charge in [0.25, 0.3) is 0 Å². The smallest absolute Gasteiger partial charge is 0.344 e. The number of hydrogen-bond donors (Lipinski definition) is 0. The van der Waals surface area contributed by atoms with Gasteiger partial charge < -0.3 is 14.2 Å². The maximum Gasteiger partial charge on any atom is 0.344 e. The number of carbonyl (C=O) groups excluding carboxylic acids is 2. The van der Waals surface area contributed by atoms with E-state index in [1.807, 2.05) is 54.6 Å². The first-order valence-corrected chi connectivity index (χ1v) is 8.39. The third kappa shape index (κ3) is 5.44. The molecule has 5 heteroatoms. The SMILES string of the molecule is O=Cc1ccccc1OCC(=O)OCc1cccc(Oc2ccccc2)c1. The van der Waals surface area contributed by atoms with E-state index in [0.29, 0.717) is 23.3 Å². The molecule has 0 bridgehead atoms. The second-order valence-electron chi connectivity index (χ2n) is 5.67. The van der Waals surface area contributed by atoms with Gasteiger partial charge in [0.2, 0.25) is 0 Å². The lowest BCUT2D eigenvalue weighted by molar-refractivity contribution is -0.147. The number of rotatable bonds is 8. The van der Waals surface area contributed by atoms with E-state index >= 15 is 0 Å². The number of ether oxygens (including phenoxy) is 3. The van der Waals surface area contributed by atoms with Gasteiger partial charge in [-0.05, 0) is 42.0 Å². The van der Waals surface area contributed by atoms with E-state index in [4.69, 9.17) is 14.2 Å². The van der Waals surface area contributed by atoms with Crippen LogP contribution in [0.3, 0.4) is 0 Å². The highest BCUT2D eigenvalue weighted by molar-refractivity contribution is 5.79. The van der Waals surface area contributed by atoms with Crippen molar-refractivity contribution in [3.63, 3.8) is 0 Å². The lowest BCUT2D eigenvalue weighted by Gasteiger charge is -2.10. The number of carbonyl (C=O) groups is 2. The van der Waals surface area contributed by atoms with Crippen LogP contribution < -0.4 is 9.47 Å². The van der Waals surface area contributed by atoms with Crippen molar-refractivity contribution in [1.82, 2.24) is 0 Å². The van der Waals surface area contributed by atoms with Gasteiger partial charge in [-0.3, -0.25) is 4.79 Å². The van der Waals surface area contributed by atoms with Crippen LogP contribution in [0.1, 0.15) is 15.9 Å². The summed E-state index contributed by atoms with van der Waals surface area (Å²) < 4.78 is 16.3. The Morgan fingerprint density at radius 1 is 0.852 bits per heavy atom. The predicted molar refractivity (Wildman–Crippen MR) is 100 cm³/mol. The molecule has 0 aliphatic rings.